The second-order valence-electron chi connectivity index (χ2n) is 7.34. The Morgan fingerprint density at radius 3 is 2.90 bits per heavy atom. The molecular weight excluding hydrogens is 406 g/mol. The summed E-state index contributed by atoms with van der Waals surface area (Å²) in [5.74, 6) is 1.01. The maximum absolute atomic E-state index is 12.8. The Morgan fingerprint density at radius 1 is 1.37 bits per heavy atom. The topological polar surface area (TPSA) is 112 Å². The number of aromatic amines is 1. The van der Waals surface area contributed by atoms with Gasteiger partial charge < -0.3 is 24.5 Å². The number of urea groups is 1. The van der Waals surface area contributed by atoms with Crippen molar-refractivity contribution in [2.24, 2.45) is 5.92 Å². The average molecular weight is 430 g/mol. The molecule has 10 heteroatoms. The van der Waals surface area contributed by atoms with Crippen LogP contribution in [0.4, 0.5) is 4.79 Å². The molecule has 1 aliphatic rings. The van der Waals surface area contributed by atoms with Crippen LogP contribution in [0.1, 0.15) is 24.4 Å². The monoisotopic (exact) mass is 429 g/mol. The second kappa shape index (κ2) is 8.70. The number of hydrogen-bond acceptors (Lipinski definition) is 6. The zero-order valence-electron chi connectivity index (χ0n) is 16.6. The summed E-state index contributed by atoms with van der Waals surface area (Å²) < 4.78 is 5.80. The van der Waals surface area contributed by atoms with Gasteiger partial charge in [-0.25, -0.2) is 9.78 Å². The Balaban J connectivity index is 1.28. The van der Waals surface area contributed by atoms with Gasteiger partial charge in [0.2, 0.25) is 5.91 Å². The van der Waals surface area contributed by atoms with Crippen molar-refractivity contribution < 1.29 is 14.0 Å². The van der Waals surface area contributed by atoms with Crippen molar-refractivity contribution in [2.75, 3.05) is 20.1 Å². The van der Waals surface area contributed by atoms with E-state index in [1.807, 2.05) is 5.38 Å². The minimum atomic E-state index is -0.181. The highest BCUT2D eigenvalue weighted by molar-refractivity contribution is 7.17. The van der Waals surface area contributed by atoms with Crippen LogP contribution in [0.5, 0.6) is 0 Å². The number of rotatable bonds is 5. The summed E-state index contributed by atoms with van der Waals surface area (Å²) in [5, 5.41) is 4.65. The first kappa shape index (κ1) is 20.1. The third-order valence-electron chi connectivity index (χ3n) is 5.25. The molecule has 0 atom stereocenters. The van der Waals surface area contributed by atoms with Crippen LogP contribution in [0.3, 0.4) is 0 Å². The molecule has 0 radical (unpaired) electrons. The van der Waals surface area contributed by atoms with Gasteiger partial charge in [-0.05, 0) is 36.4 Å². The van der Waals surface area contributed by atoms with Crippen molar-refractivity contribution in [2.45, 2.75) is 25.9 Å². The second-order valence-corrected chi connectivity index (χ2v) is 8.26. The minimum Gasteiger partial charge on any atom is -0.467 e. The molecule has 0 aliphatic carbocycles. The summed E-state index contributed by atoms with van der Waals surface area (Å²) in [7, 11) is 1.71. The lowest BCUT2D eigenvalue weighted by Crippen LogP contribution is -2.46. The third-order valence-corrected chi connectivity index (χ3v) is 6.15. The predicted molar refractivity (Wildman–Crippen MR) is 112 cm³/mol. The van der Waals surface area contributed by atoms with Gasteiger partial charge >= 0.3 is 6.03 Å². The zero-order chi connectivity index (χ0) is 21.1. The number of carbonyl (C=O) groups is 2. The number of H-pyrrole nitrogens is 1. The van der Waals surface area contributed by atoms with E-state index in [2.05, 4.69) is 15.3 Å². The van der Waals surface area contributed by atoms with Crippen LogP contribution in [0.2, 0.25) is 0 Å². The standard InChI is InChI=1S/C20H23N5O4S/c1-24(12-16-22-15-6-10-30-17(15)18(26)23-16)19(27)13-4-7-25(8-5-13)20(28)21-11-14-3-2-9-29-14/h2-3,6,9-10,13H,4-5,7-8,11-12H2,1H3,(H,21,28)(H,22,23,26). The number of hydrogen-bond donors (Lipinski definition) is 2. The highest BCUT2D eigenvalue weighted by Crippen LogP contribution is 2.20. The van der Waals surface area contributed by atoms with Gasteiger partial charge in [0.15, 0.2) is 0 Å². The molecule has 3 amide bonds. The average Bonchev–Trinajstić information content (AvgIpc) is 3.43. The minimum absolute atomic E-state index is 0.00120. The van der Waals surface area contributed by atoms with Crippen LogP contribution in [0.25, 0.3) is 10.2 Å². The van der Waals surface area contributed by atoms with E-state index < -0.39 is 0 Å². The van der Waals surface area contributed by atoms with Crippen LogP contribution in [0, 0.1) is 5.92 Å². The Labute approximate surface area is 176 Å². The van der Waals surface area contributed by atoms with E-state index in [1.54, 1.807) is 41.3 Å². The SMILES string of the molecule is CN(Cc1nc2ccsc2c(=O)[nH]1)C(=O)C1CCN(C(=O)NCc2ccco2)CC1. The summed E-state index contributed by atoms with van der Waals surface area (Å²) in [6.45, 7) is 1.62. The van der Waals surface area contributed by atoms with E-state index in [1.165, 1.54) is 11.3 Å². The van der Waals surface area contributed by atoms with E-state index in [-0.39, 0.29) is 30.0 Å². The van der Waals surface area contributed by atoms with Crippen LogP contribution < -0.4 is 10.9 Å². The molecule has 3 aromatic rings. The quantitative estimate of drug-likeness (QED) is 0.646. The summed E-state index contributed by atoms with van der Waals surface area (Å²) >= 11 is 1.35. The van der Waals surface area contributed by atoms with Crippen LogP contribution in [0.15, 0.2) is 39.1 Å². The maximum Gasteiger partial charge on any atom is 0.317 e. The fourth-order valence-corrected chi connectivity index (χ4v) is 4.35. The summed E-state index contributed by atoms with van der Waals surface area (Å²) in [5.41, 5.74) is 0.466. The number of amides is 3. The molecule has 1 aliphatic heterocycles. The Kier molecular flexibility index (Phi) is 5.84. The molecule has 9 nitrogen and oxygen atoms in total. The van der Waals surface area contributed by atoms with Crippen LogP contribution in [-0.2, 0) is 17.9 Å². The van der Waals surface area contributed by atoms with Crippen molar-refractivity contribution in [1.82, 2.24) is 25.1 Å². The number of piperidine rings is 1. The number of fused-ring (bicyclic) bond motifs is 1. The highest BCUT2D eigenvalue weighted by Gasteiger charge is 2.29. The molecule has 4 rings (SSSR count). The lowest BCUT2D eigenvalue weighted by molar-refractivity contribution is -0.136. The Bertz CT molecular complexity index is 1080. The molecule has 30 heavy (non-hydrogen) atoms. The number of nitrogens with one attached hydrogen (secondary N) is 2. The molecule has 1 saturated heterocycles. The van der Waals surface area contributed by atoms with Crippen molar-refractivity contribution in [1.29, 1.82) is 0 Å². The van der Waals surface area contributed by atoms with E-state index >= 15 is 0 Å². The van der Waals surface area contributed by atoms with Gasteiger partial charge in [0.25, 0.3) is 5.56 Å². The lowest BCUT2D eigenvalue weighted by atomic mass is 9.95. The number of nitrogens with zero attached hydrogens (tertiary/aromatic N) is 3. The number of thiophene rings is 1. The van der Waals surface area contributed by atoms with Gasteiger partial charge in [0, 0.05) is 26.1 Å². The smallest absolute Gasteiger partial charge is 0.317 e. The molecule has 4 heterocycles. The third kappa shape index (κ3) is 4.38. The molecule has 0 saturated carbocycles. The molecule has 1 fully saturated rings. The van der Waals surface area contributed by atoms with Gasteiger partial charge in [0.1, 0.15) is 16.3 Å². The van der Waals surface area contributed by atoms with E-state index in [0.29, 0.717) is 54.3 Å². The van der Waals surface area contributed by atoms with Gasteiger partial charge in [-0.1, -0.05) is 0 Å². The molecule has 158 valence electrons. The summed E-state index contributed by atoms with van der Waals surface area (Å²) in [4.78, 5) is 47.7. The predicted octanol–water partition coefficient (Wildman–Crippen LogP) is 2.16. The van der Waals surface area contributed by atoms with Crippen LogP contribution >= 0.6 is 11.3 Å². The first-order chi connectivity index (χ1) is 14.5. The molecule has 0 unspecified atom stereocenters. The fourth-order valence-electron chi connectivity index (χ4n) is 3.63. The van der Waals surface area contributed by atoms with Gasteiger partial charge in [-0.15, -0.1) is 11.3 Å². The van der Waals surface area contributed by atoms with E-state index in [9.17, 15) is 14.4 Å². The van der Waals surface area contributed by atoms with Gasteiger partial charge in [-0.2, -0.15) is 0 Å². The van der Waals surface area contributed by atoms with Crippen molar-refractivity contribution in [3.63, 3.8) is 0 Å². The molecule has 3 aromatic heterocycles. The summed E-state index contributed by atoms with van der Waals surface area (Å²) in [6.07, 6.45) is 2.77. The first-order valence-corrected chi connectivity index (χ1v) is 10.7. The fraction of sp³-hybridized carbons (Fsp3) is 0.400. The molecular formula is C20H23N5O4S. The number of aromatic nitrogens is 2. The summed E-state index contributed by atoms with van der Waals surface area (Å²) in [6, 6.07) is 5.22. The normalized spacial score (nSPS) is 14.8. The lowest BCUT2D eigenvalue weighted by Gasteiger charge is -2.33. The maximum atomic E-state index is 12.8. The molecule has 2 N–H and O–H groups in total. The van der Waals surface area contributed by atoms with Gasteiger partial charge in [-0.3, -0.25) is 9.59 Å². The molecule has 0 bridgehead atoms. The van der Waals surface area contributed by atoms with Crippen molar-refractivity contribution >= 4 is 33.5 Å². The Hall–Kier alpha value is -3.14. The highest BCUT2D eigenvalue weighted by atomic mass is 32.1. The molecule has 0 aromatic carbocycles. The number of likely N-dealkylation sites (tertiary alicyclic amines) is 1. The van der Waals surface area contributed by atoms with E-state index in [0.717, 1.165) is 0 Å². The van der Waals surface area contributed by atoms with Crippen LogP contribution in [-0.4, -0.2) is 51.8 Å². The largest absolute Gasteiger partial charge is 0.467 e. The number of carbonyl (C=O) groups excluding carboxylic acids is 2. The van der Waals surface area contributed by atoms with Crippen molar-refractivity contribution in [3.05, 3.63) is 51.8 Å². The number of furan rings is 1. The van der Waals surface area contributed by atoms with E-state index in [4.69, 9.17) is 4.42 Å². The Morgan fingerprint density at radius 2 is 2.17 bits per heavy atom. The van der Waals surface area contributed by atoms with Gasteiger partial charge in [0.05, 0.1) is 24.9 Å². The van der Waals surface area contributed by atoms with Crippen molar-refractivity contribution in [3.8, 4) is 0 Å². The zero-order valence-corrected chi connectivity index (χ0v) is 17.4. The first-order valence-electron chi connectivity index (χ1n) is 9.78. The molecule has 0 spiro atoms.